The van der Waals surface area contributed by atoms with Crippen molar-refractivity contribution < 1.29 is 14.0 Å². The van der Waals surface area contributed by atoms with E-state index in [1.807, 2.05) is 0 Å². The molecule has 2 saturated heterocycles. The maximum absolute atomic E-state index is 14.1. The summed E-state index contributed by atoms with van der Waals surface area (Å²) in [5, 5.41) is 3.78. The molecule has 140 valence electrons. The minimum atomic E-state index is -0.400. The molecule has 1 aromatic carbocycles. The molecular formula is C19H23ClFN3O2. The summed E-state index contributed by atoms with van der Waals surface area (Å²) < 4.78 is 14.1. The second kappa shape index (κ2) is 7.16. The zero-order valence-electron chi connectivity index (χ0n) is 14.6. The molecule has 0 spiro atoms. The molecule has 1 aromatic rings. The first-order chi connectivity index (χ1) is 12.5. The number of carbonyl (C=O) groups excluding carboxylic acids is 2. The van der Waals surface area contributed by atoms with Crippen LogP contribution >= 0.6 is 11.6 Å². The molecule has 7 heteroatoms. The molecule has 0 aromatic heterocycles. The molecule has 3 fully saturated rings. The van der Waals surface area contributed by atoms with E-state index >= 15 is 0 Å². The summed E-state index contributed by atoms with van der Waals surface area (Å²) in [6, 6.07) is 5.18. The number of halogens is 2. The van der Waals surface area contributed by atoms with Crippen molar-refractivity contribution in [1.82, 2.24) is 15.1 Å². The largest absolute Gasteiger partial charge is 0.334 e. The van der Waals surface area contributed by atoms with Crippen LogP contribution in [0.3, 0.4) is 0 Å². The van der Waals surface area contributed by atoms with Crippen LogP contribution in [-0.4, -0.2) is 52.8 Å². The van der Waals surface area contributed by atoms with E-state index in [4.69, 9.17) is 11.6 Å². The molecule has 2 aliphatic heterocycles. The maximum atomic E-state index is 14.1. The van der Waals surface area contributed by atoms with Crippen molar-refractivity contribution in [3.63, 3.8) is 0 Å². The first-order valence-electron chi connectivity index (χ1n) is 9.27. The number of hydrogen-bond donors (Lipinski definition) is 1. The van der Waals surface area contributed by atoms with E-state index in [9.17, 15) is 14.0 Å². The molecule has 0 unspecified atom stereocenters. The summed E-state index contributed by atoms with van der Waals surface area (Å²) in [5.74, 6) is -0.501. The first-order valence-corrected chi connectivity index (χ1v) is 9.65. The van der Waals surface area contributed by atoms with Gasteiger partial charge in [0.05, 0.1) is 13.1 Å². The van der Waals surface area contributed by atoms with Gasteiger partial charge < -0.3 is 15.1 Å². The molecule has 2 heterocycles. The Morgan fingerprint density at radius 3 is 2.77 bits per heavy atom. The number of nitrogens with zero attached hydrogens (tertiary/aromatic N) is 2. The Balaban J connectivity index is 1.47. The maximum Gasteiger partial charge on any atom is 0.242 e. The fourth-order valence-corrected chi connectivity index (χ4v) is 4.21. The predicted molar refractivity (Wildman–Crippen MR) is 96.1 cm³/mol. The lowest BCUT2D eigenvalue weighted by Gasteiger charge is -2.29. The lowest BCUT2D eigenvalue weighted by Crippen LogP contribution is -2.46. The van der Waals surface area contributed by atoms with Crippen LogP contribution in [0.25, 0.3) is 0 Å². The number of carbonyl (C=O) groups is 2. The molecule has 1 aliphatic carbocycles. The number of benzene rings is 1. The fourth-order valence-electron chi connectivity index (χ4n) is 3.98. The summed E-state index contributed by atoms with van der Waals surface area (Å²) in [5.41, 5.74) is 0.345. The number of amides is 2. The molecular weight excluding hydrogens is 357 g/mol. The Hall–Kier alpha value is -1.66. The van der Waals surface area contributed by atoms with E-state index in [2.05, 4.69) is 5.32 Å². The van der Waals surface area contributed by atoms with Crippen molar-refractivity contribution in [3.05, 3.63) is 34.6 Å². The lowest BCUT2D eigenvalue weighted by molar-refractivity contribution is -0.141. The normalized spacial score (nSPS) is 25.3. The highest BCUT2D eigenvalue weighted by Crippen LogP contribution is 2.31. The molecule has 1 saturated carbocycles. The molecule has 0 radical (unpaired) electrons. The average Bonchev–Trinajstić information content (AvgIpc) is 3.35. The fraction of sp³-hybridized carbons (Fsp3) is 0.579. The molecule has 5 nitrogen and oxygen atoms in total. The quantitative estimate of drug-likeness (QED) is 0.854. The van der Waals surface area contributed by atoms with Crippen molar-refractivity contribution in [2.24, 2.45) is 0 Å². The number of rotatable bonds is 5. The highest BCUT2D eigenvalue weighted by atomic mass is 35.5. The van der Waals surface area contributed by atoms with Gasteiger partial charge in [-0.3, -0.25) is 9.59 Å². The Bertz CT molecular complexity index is 704. The Morgan fingerprint density at radius 1 is 1.27 bits per heavy atom. The van der Waals surface area contributed by atoms with Crippen molar-refractivity contribution in [2.75, 3.05) is 13.1 Å². The third kappa shape index (κ3) is 3.71. The predicted octanol–water partition coefficient (Wildman–Crippen LogP) is 2.32. The lowest BCUT2D eigenvalue weighted by atomic mass is 10.1. The van der Waals surface area contributed by atoms with Gasteiger partial charge in [-0.2, -0.15) is 0 Å². The minimum Gasteiger partial charge on any atom is -0.334 e. The molecule has 3 aliphatic rings. The van der Waals surface area contributed by atoms with Crippen molar-refractivity contribution in [1.29, 1.82) is 0 Å². The topological polar surface area (TPSA) is 52.7 Å². The van der Waals surface area contributed by atoms with Crippen LogP contribution in [-0.2, 0) is 16.1 Å². The van der Waals surface area contributed by atoms with E-state index in [0.717, 1.165) is 25.7 Å². The zero-order valence-corrected chi connectivity index (χ0v) is 15.3. The number of nitrogens with one attached hydrogen (secondary N) is 1. The molecule has 26 heavy (non-hydrogen) atoms. The van der Waals surface area contributed by atoms with Gasteiger partial charge in [0, 0.05) is 41.7 Å². The highest BCUT2D eigenvalue weighted by molar-refractivity contribution is 6.31. The number of likely N-dealkylation sites (tertiary alicyclic amines) is 1. The van der Waals surface area contributed by atoms with Gasteiger partial charge >= 0.3 is 0 Å². The van der Waals surface area contributed by atoms with Crippen LogP contribution in [0.4, 0.5) is 4.39 Å². The molecule has 4 rings (SSSR count). The van der Waals surface area contributed by atoms with Crippen molar-refractivity contribution in [3.8, 4) is 0 Å². The summed E-state index contributed by atoms with van der Waals surface area (Å²) in [6.07, 6.45) is 4.35. The van der Waals surface area contributed by atoms with Crippen LogP contribution in [0.2, 0.25) is 5.02 Å². The van der Waals surface area contributed by atoms with E-state index < -0.39 is 5.82 Å². The Kier molecular flexibility index (Phi) is 4.88. The molecule has 2 bridgehead atoms. The highest BCUT2D eigenvalue weighted by Gasteiger charge is 2.37. The third-order valence-corrected chi connectivity index (χ3v) is 5.93. The van der Waals surface area contributed by atoms with Crippen molar-refractivity contribution in [2.45, 2.75) is 56.8 Å². The minimum absolute atomic E-state index is 0.0257. The van der Waals surface area contributed by atoms with Gasteiger partial charge in [-0.05, 0) is 37.8 Å². The van der Waals surface area contributed by atoms with Gasteiger partial charge in [0.25, 0.3) is 0 Å². The second-order valence-corrected chi connectivity index (χ2v) is 7.98. The average molecular weight is 380 g/mol. The second-order valence-electron chi connectivity index (χ2n) is 7.57. The summed E-state index contributed by atoms with van der Waals surface area (Å²) in [4.78, 5) is 28.7. The monoisotopic (exact) mass is 379 g/mol. The van der Waals surface area contributed by atoms with Crippen LogP contribution in [0.15, 0.2) is 18.2 Å². The first kappa shape index (κ1) is 17.7. The standard InChI is InChI=1S/C19H23ClFN3O2/c20-16-2-1-3-17(21)15(16)10-24(14-6-7-14)19(26)11-23-9-13-5-4-12(22-13)8-18(23)25/h1-3,12-14,22H,4-11H2/t12-,13+/m1/s1. The van der Waals surface area contributed by atoms with Crippen LogP contribution in [0.1, 0.15) is 37.7 Å². The van der Waals surface area contributed by atoms with E-state index in [-0.39, 0.29) is 43.0 Å². The van der Waals surface area contributed by atoms with Gasteiger partial charge in [0.1, 0.15) is 5.82 Å². The van der Waals surface area contributed by atoms with Crippen LogP contribution in [0.5, 0.6) is 0 Å². The number of fused-ring (bicyclic) bond motifs is 2. The van der Waals surface area contributed by atoms with E-state index in [1.165, 1.54) is 6.07 Å². The van der Waals surface area contributed by atoms with E-state index in [1.54, 1.807) is 21.9 Å². The van der Waals surface area contributed by atoms with Gasteiger partial charge in [-0.15, -0.1) is 0 Å². The third-order valence-electron chi connectivity index (χ3n) is 5.57. The van der Waals surface area contributed by atoms with Gasteiger partial charge in [0.2, 0.25) is 11.8 Å². The smallest absolute Gasteiger partial charge is 0.242 e. The molecule has 2 atom stereocenters. The summed E-state index contributed by atoms with van der Waals surface area (Å²) in [6.45, 7) is 0.785. The number of hydrogen-bond acceptors (Lipinski definition) is 3. The molecule has 1 N–H and O–H groups in total. The van der Waals surface area contributed by atoms with E-state index in [0.29, 0.717) is 23.6 Å². The van der Waals surface area contributed by atoms with Gasteiger partial charge in [0.15, 0.2) is 0 Å². The van der Waals surface area contributed by atoms with Gasteiger partial charge in [-0.25, -0.2) is 4.39 Å². The molecule has 2 amide bonds. The zero-order chi connectivity index (χ0) is 18.3. The van der Waals surface area contributed by atoms with Crippen molar-refractivity contribution >= 4 is 23.4 Å². The van der Waals surface area contributed by atoms with Crippen LogP contribution < -0.4 is 5.32 Å². The van der Waals surface area contributed by atoms with Gasteiger partial charge in [-0.1, -0.05) is 17.7 Å². The Labute approximate surface area is 157 Å². The van der Waals surface area contributed by atoms with Crippen LogP contribution in [0, 0.1) is 5.82 Å². The SMILES string of the molecule is O=C1C[C@H]2CC[C@@H](CN1CC(=O)N(Cc1c(F)cccc1Cl)C1CC1)N2. The summed E-state index contributed by atoms with van der Waals surface area (Å²) >= 11 is 6.13. The summed E-state index contributed by atoms with van der Waals surface area (Å²) in [7, 11) is 0. The Morgan fingerprint density at radius 2 is 2.04 bits per heavy atom.